The van der Waals surface area contributed by atoms with Gasteiger partial charge in [0, 0.05) is 10.5 Å². The van der Waals surface area contributed by atoms with Crippen LogP contribution in [0.2, 0.25) is 5.82 Å². The van der Waals surface area contributed by atoms with Crippen molar-refractivity contribution in [2.75, 3.05) is 54.9 Å². The van der Waals surface area contributed by atoms with Gasteiger partial charge in [-0.25, -0.2) is 16.2 Å². The molecule has 1 aromatic heterocycles. The van der Waals surface area contributed by atoms with Gasteiger partial charge in [-0.3, -0.25) is 4.79 Å². The third kappa shape index (κ3) is 45.5. The Morgan fingerprint density at radius 2 is 0.907 bits per heavy atom. The summed E-state index contributed by atoms with van der Waals surface area (Å²) in [5, 5.41) is 20.2. The van der Waals surface area contributed by atoms with Gasteiger partial charge in [-0.15, -0.1) is 0 Å². The molecule has 0 saturated heterocycles. The van der Waals surface area contributed by atoms with E-state index in [-0.39, 0.29) is 111 Å². The van der Waals surface area contributed by atoms with Crippen LogP contribution in [0, 0.1) is 6.57 Å². The van der Waals surface area contributed by atoms with Crippen LogP contribution in [0.5, 0.6) is 23.0 Å². The molecule has 97 heavy (non-hydrogen) atoms. The topological polar surface area (TPSA) is 203 Å². The number of ketones is 1. The fraction of sp³-hybridized carbons (Fsp3) is 0.380. The van der Waals surface area contributed by atoms with E-state index in [0.29, 0.717) is 89.8 Å². The van der Waals surface area contributed by atoms with Gasteiger partial charge in [0.05, 0.1) is 53.8 Å². The van der Waals surface area contributed by atoms with Gasteiger partial charge >= 0.3 is 449 Å². The molecule has 47 heteroatoms. The Hall–Kier alpha value is 15.6. The van der Waals surface area contributed by atoms with E-state index in [2.05, 4.69) is 359 Å². The normalized spacial score (nSPS) is 14.8. The van der Waals surface area contributed by atoms with Crippen molar-refractivity contribution in [3.63, 3.8) is 0 Å². The first-order valence-electron chi connectivity index (χ1n) is 25.6. The summed E-state index contributed by atoms with van der Waals surface area (Å²) < 4.78 is 35.9. The number of nitrogens with two attached hydrogens (primary N) is 1. The molecule has 0 unspecified atom stereocenters. The fourth-order valence-electron chi connectivity index (χ4n) is 6.97. The van der Waals surface area contributed by atoms with E-state index in [1.54, 1.807) is 45.6 Å². The molecule has 4 fully saturated rings. The standard InChI is InChI=1S/C13H14N2O2.C13H13NO2.C12H14O3.C9H9BrO3.C3H7BO2.I11.I10.I9/c1-16-11-5-4-9(8-2-3-8)6-10(11)12-7-13(14)15-17-12;1-14-8-12(15)11-7-10(9-3-4-9)5-6-13(11)16-2;1-14-11-6-5-9(8-3-4-8)7-10(11)12(13)15-2;1-12-8-4-3-6(10)5-7(8)9(11)13-2;5-4(6)3-1-2-3;1-7-9(4)11(6)10(5)8(2)3;1-7(2)9(5)10(6)8(3)4;1-6-8(4)9(5)7(2)3/h4-8H,2-3H2,1H3,(H2,14,15);5-7,9H,3-4,8H2,2H3;5-8H,3-4H2,1-2H3;3-5H,1-2H3;3,5-6H,1-2H2;;;/q;;;;;-1;;-1. The molecule has 4 aromatic carbocycles. The largest absolute Gasteiger partial charge is 0.496 e. The zero-order valence-corrected chi connectivity index (χ0v) is 116. The van der Waals surface area contributed by atoms with Crippen LogP contribution in [0.4, 0.5) is 5.82 Å². The van der Waals surface area contributed by atoms with Crippen molar-refractivity contribution in [2.24, 2.45) is 0 Å². The number of rotatable bonds is 23. The van der Waals surface area contributed by atoms with Gasteiger partial charge in [0.15, 0.2) is 11.6 Å². The minimum atomic E-state index is -1.04. The number of hydrogen-bond acceptors (Lipinski definition) is 14. The maximum atomic E-state index is 11.7. The molecule has 0 spiro atoms. The van der Waals surface area contributed by atoms with Crippen molar-refractivity contribution >= 4 is 450 Å². The van der Waals surface area contributed by atoms with Crippen molar-refractivity contribution in [3.05, 3.63) is 128 Å². The Morgan fingerprint density at radius 1 is 0.546 bits per heavy atom. The van der Waals surface area contributed by atoms with Crippen LogP contribution in [-0.4, -0.2) is 89.2 Å². The average Bonchev–Trinajstić information content (AvgIpc) is 1.73. The van der Waals surface area contributed by atoms with Crippen LogP contribution in [0.3, 0.4) is 0 Å². The van der Waals surface area contributed by atoms with E-state index in [1.807, 2.05) is 42.5 Å². The summed E-state index contributed by atoms with van der Waals surface area (Å²) >= 11 is 52.4. The molecular formula is C50H57BBrI30N3O12-2. The number of aromatic nitrogens is 1. The molecule has 0 bridgehead atoms. The summed E-state index contributed by atoms with van der Waals surface area (Å²) in [6, 6.07) is 24.5. The maximum absolute atomic E-state index is 11.7. The summed E-state index contributed by atoms with van der Waals surface area (Å²) in [6.07, 6.45) is 9.36. The second kappa shape index (κ2) is 62.6. The molecule has 5 aromatic rings. The van der Waals surface area contributed by atoms with Gasteiger partial charge in [-0.05, 0) is 133 Å². The van der Waals surface area contributed by atoms with Gasteiger partial charge in [-0.2, -0.15) is 0 Å². The molecule has 9 rings (SSSR count). The summed E-state index contributed by atoms with van der Waals surface area (Å²) in [7, 11) is 4.68. The number of esters is 2. The molecule has 4 aliphatic rings. The zero-order valence-electron chi connectivity index (χ0n) is 49.9. The maximum Gasteiger partial charge on any atom is 0.454 e. The van der Waals surface area contributed by atoms with E-state index in [4.69, 9.17) is 50.6 Å². The average molecular weight is 4790 g/mol. The van der Waals surface area contributed by atoms with Gasteiger partial charge in [-0.1, -0.05) is 52.1 Å². The summed E-state index contributed by atoms with van der Waals surface area (Å²) in [5.74, 6) is 4.71. The first-order valence-corrected chi connectivity index (χ1v) is 196. The fourth-order valence-corrected chi connectivity index (χ4v) is 2520. The minimum absolute atomic E-state index is 0.107. The van der Waals surface area contributed by atoms with Crippen LogP contribution in [0.25, 0.3) is 16.2 Å². The number of ether oxygens (including phenoxy) is 6. The monoisotopic (exact) mass is 4790 g/mol. The van der Waals surface area contributed by atoms with Crippen molar-refractivity contribution in [1.82, 2.24) is 5.16 Å². The quantitative estimate of drug-likeness (QED) is 0.0183. The van der Waals surface area contributed by atoms with Gasteiger partial charge < -0.3 is 53.6 Å². The second-order valence-corrected chi connectivity index (χ2v) is 588. The predicted octanol–water partition coefficient (Wildman–Crippen LogP) is 28.5. The third-order valence-electron chi connectivity index (χ3n) is 11.9. The van der Waals surface area contributed by atoms with E-state index < -0.39 is 13.1 Å². The van der Waals surface area contributed by atoms with Gasteiger partial charge in [0.2, 0.25) is 5.78 Å². The smallest absolute Gasteiger partial charge is 0.454 e. The van der Waals surface area contributed by atoms with E-state index in [9.17, 15) is 14.4 Å². The van der Waals surface area contributed by atoms with Crippen LogP contribution in [-0.2, 0) is 9.47 Å². The predicted molar refractivity (Wildman–Crippen MR) is 650 cm³/mol. The first-order chi connectivity index (χ1) is 45.8. The molecule has 0 radical (unpaired) electrons. The van der Waals surface area contributed by atoms with E-state index in [0.717, 1.165) is 28.6 Å². The number of carbonyl (C=O) groups excluding carboxylic acids is 3. The van der Waals surface area contributed by atoms with Crippen molar-refractivity contribution < 1.29 is 83.9 Å². The Balaban J connectivity index is 0.000000383. The molecule has 0 atom stereocenters. The number of nitrogens with zero attached hydrogens (tertiary/aromatic N) is 2. The molecule has 4 N–H and O–H groups in total. The second-order valence-electron chi connectivity index (χ2n) is 18.0. The number of Topliss-reactive ketones (excluding diaryl/α,β-unsaturated/α-hetero) is 1. The van der Waals surface area contributed by atoms with Gasteiger partial charge in [0.1, 0.15) is 34.1 Å². The number of hydrogen-bond donors (Lipinski definition) is 3. The third-order valence-corrected chi connectivity index (χ3v) is 1500. The molecule has 4 saturated carbocycles. The Morgan fingerprint density at radius 3 is 1.23 bits per heavy atom. The molecule has 15 nitrogen and oxygen atoms in total. The van der Waals surface area contributed by atoms with E-state index in [1.165, 1.54) is 76.5 Å². The molecule has 4 aliphatic carbocycles. The number of carbonyl (C=O) groups is 3. The summed E-state index contributed by atoms with van der Waals surface area (Å²) in [4.78, 5) is 37.6. The SMILES string of the molecule is COC(=O)c1cc(Br)ccc1OC.COC(=O)c1cc(C2CC2)ccc1OC.COc1ccc(C2CC2)cc1-c1cc(N)no1.II(I)I(I)I(I)I(I)I.I[I-]I(I)I(I)I(I)I.I[I-]I(I)I(I)I(I)I(I)I.OB(O)C1CC1.[C-]#[N+]CC(=O)c1cc(C2CC2)ccc1OC. The number of halogens is 31. The summed E-state index contributed by atoms with van der Waals surface area (Å²) in [5.41, 5.74) is 11.7. The molecule has 0 aliphatic heterocycles. The number of anilines is 1. The first kappa shape index (κ1) is 109. The molecule has 1 heterocycles. The minimum Gasteiger partial charge on any atom is -0.496 e. The molecule has 566 valence electrons. The summed E-state index contributed by atoms with van der Waals surface area (Å²) in [6.45, 7) is 6.62. The molecular weight excluding hydrogens is 4730 g/mol. The zero-order chi connectivity index (χ0) is 73.4. The van der Waals surface area contributed by atoms with Crippen molar-refractivity contribution in [1.29, 1.82) is 0 Å². The van der Waals surface area contributed by atoms with Crippen LogP contribution < -0.4 is 51.2 Å². The van der Waals surface area contributed by atoms with Crippen LogP contribution in [0.15, 0.2) is 87.9 Å². The van der Waals surface area contributed by atoms with Crippen molar-refractivity contribution in [2.45, 2.75) is 74.9 Å². The number of benzene rings is 4. The van der Waals surface area contributed by atoms with Crippen molar-refractivity contribution in [3.8, 4) is 34.3 Å². The van der Waals surface area contributed by atoms with Gasteiger partial charge in [0.25, 0.3) is 6.54 Å². The Labute approximate surface area is 804 Å². The number of methoxy groups -OCH3 is 6. The van der Waals surface area contributed by atoms with E-state index >= 15 is 0 Å². The molecule has 0 amide bonds. The van der Waals surface area contributed by atoms with Crippen LogP contribution >= 0.6 is 419 Å². The number of nitrogen functional groups attached to an aromatic ring is 1. The Bertz CT molecular complexity index is 3210. The van der Waals surface area contributed by atoms with Crippen LogP contribution in [0.1, 0.15) is 117 Å². The Kier molecular flexibility index (Phi) is 70.1.